The van der Waals surface area contributed by atoms with E-state index in [1.807, 2.05) is 0 Å². The number of carbonyl (C=O) groups excluding carboxylic acids is 2. The number of hydrogen-bond acceptors (Lipinski definition) is 3. The van der Waals surface area contributed by atoms with Crippen LogP contribution in [0.25, 0.3) is 0 Å². The maximum Gasteiger partial charge on any atom is 0.416 e. The Hall–Kier alpha value is -2.51. The van der Waals surface area contributed by atoms with Crippen molar-refractivity contribution in [1.29, 1.82) is 0 Å². The number of alkyl halides is 9. The molecule has 0 aromatic heterocycles. The highest BCUT2D eigenvalue weighted by Crippen LogP contribution is 2.36. The Morgan fingerprint density at radius 3 is 1.79 bits per heavy atom. The number of hydrogen-bond donors (Lipinski definition) is 3. The topological polar surface area (TPSA) is 70.2 Å². The molecule has 1 aliphatic rings. The van der Waals surface area contributed by atoms with Gasteiger partial charge in [-0.15, -0.1) is 0 Å². The molecule has 34 heavy (non-hydrogen) atoms. The van der Waals surface area contributed by atoms with Crippen LogP contribution in [0, 0.1) is 5.92 Å². The van der Waals surface area contributed by atoms with Crippen molar-refractivity contribution in [2.24, 2.45) is 5.92 Å². The van der Waals surface area contributed by atoms with Gasteiger partial charge in [0.1, 0.15) is 6.54 Å². The van der Waals surface area contributed by atoms with Crippen LogP contribution in [-0.4, -0.2) is 43.7 Å². The van der Waals surface area contributed by atoms with Crippen LogP contribution in [0.15, 0.2) is 18.2 Å². The molecule has 1 aromatic rings. The average molecular weight is 507 g/mol. The lowest BCUT2D eigenvalue weighted by atomic mass is 9.86. The van der Waals surface area contributed by atoms with Crippen molar-refractivity contribution in [3.8, 4) is 0 Å². The van der Waals surface area contributed by atoms with Gasteiger partial charge in [-0.25, -0.2) is 0 Å². The van der Waals surface area contributed by atoms with E-state index in [-0.39, 0.29) is 31.1 Å². The summed E-state index contributed by atoms with van der Waals surface area (Å²) in [5.74, 6) is -1.99. The second-order valence-electron chi connectivity index (χ2n) is 8.00. The number of rotatable bonds is 7. The maximum absolute atomic E-state index is 12.9. The minimum absolute atomic E-state index is 0.0230. The lowest BCUT2D eigenvalue weighted by Crippen LogP contribution is -2.43. The van der Waals surface area contributed by atoms with Gasteiger partial charge in [-0.2, -0.15) is 39.5 Å². The molecule has 0 spiro atoms. The van der Waals surface area contributed by atoms with E-state index in [0.29, 0.717) is 37.8 Å². The first-order valence-electron chi connectivity index (χ1n) is 10.2. The Morgan fingerprint density at radius 2 is 1.32 bits per heavy atom. The largest absolute Gasteiger partial charge is 0.416 e. The minimum Gasteiger partial charge on any atom is -0.352 e. The van der Waals surface area contributed by atoms with Gasteiger partial charge in [0.2, 0.25) is 5.91 Å². The van der Waals surface area contributed by atoms with E-state index in [0.717, 1.165) is 0 Å². The monoisotopic (exact) mass is 507 g/mol. The number of halogens is 9. The SMILES string of the molecule is O=C(CN[C@H]1CC[C@H](CNC(=O)c2cc(C(F)(F)F)cc(C(F)(F)F)c2)CC1)NCC(F)(F)F. The predicted molar refractivity (Wildman–Crippen MR) is 102 cm³/mol. The van der Waals surface area contributed by atoms with Gasteiger partial charge in [-0.05, 0) is 49.8 Å². The number of nitrogens with one attached hydrogen (secondary N) is 3. The number of amides is 2. The number of carbonyl (C=O) groups is 2. The highest BCUT2D eigenvalue weighted by molar-refractivity contribution is 5.94. The molecule has 0 atom stereocenters. The number of benzene rings is 1. The summed E-state index contributed by atoms with van der Waals surface area (Å²) in [5.41, 5.74) is -3.93. The van der Waals surface area contributed by atoms with Gasteiger partial charge in [-0.1, -0.05) is 0 Å². The van der Waals surface area contributed by atoms with E-state index in [9.17, 15) is 49.1 Å². The molecule has 192 valence electrons. The molecule has 1 aromatic carbocycles. The maximum atomic E-state index is 12.9. The van der Waals surface area contributed by atoms with Gasteiger partial charge in [-0.3, -0.25) is 9.59 Å². The third-order valence-electron chi connectivity index (χ3n) is 5.29. The molecule has 0 aliphatic heterocycles. The Bertz CT molecular complexity index is 826. The van der Waals surface area contributed by atoms with Crippen LogP contribution in [-0.2, 0) is 17.1 Å². The van der Waals surface area contributed by atoms with Crippen molar-refractivity contribution < 1.29 is 49.1 Å². The van der Waals surface area contributed by atoms with Gasteiger partial charge in [0.05, 0.1) is 17.7 Å². The summed E-state index contributed by atoms with van der Waals surface area (Å²) in [7, 11) is 0. The minimum atomic E-state index is -5.06. The van der Waals surface area contributed by atoms with E-state index in [2.05, 4.69) is 10.6 Å². The van der Waals surface area contributed by atoms with E-state index in [4.69, 9.17) is 0 Å². The molecule has 2 rings (SSSR count). The van der Waals surface area contributed by atoms with Crippen LogP contribution >= 0.6 is 0 Å². The van der Waals surface area contributed by atoms with Crippen molar-refractivity contribution >= 4 is 11.8 Å². The standard InChI is InChI=1S/C20H22F9N3O2/c21-18(22,23)10-32-16(33)9-30-15-3-1-11(2-4-15)8-31-17(34)12-5-13(19(24,25)26)7-14(6-12)20(27,28)29/h5-7,11,15,30H,1-4,8-10H2,(H,31,34)(H,32,33)/t11-,15-. The van der Waals surface area contributed by atoms with Crippen molar-refractivity contribution in [2.75, 3.05) is 19.6 Å². The fourth-order valence-corrected chi connectivity index (χ4v) is 3.49. The van der Waals surface area contributed by atoms with Gasteiger partial charge in [0.15, 0.2) is 0 Å². The summed E-state index contributed by atoms with van der Waals surface area (Å²) in [6.45, 7) is -1.72. The second kappa shape index (κ2) is 10.8. The highest BCUT2D eigenvalue weighted by Gasteiger charge is 2.37. The Morgan fingerprint density at radius 1 is 0.794 bits per heavy atom. The van der Waals surface area contributed by atoms with E-state index >= 15 is 0 Å². The Labute approximate surface area is 188 Å². The van der Waals surface area contributed by atoms with Crippen LogP contribution in [0.5, 0.6) is 0 Å². The van der Waals surface area contributed by atoms with Gasteiger partial charge in [0, 0.05) is 18.2 Å². The average Bonchev–Trinajstić information content (AvgIpc) is 2.73. The molecule has 2 amide bonds. The van der Waals surface area contributed by atoms with Crippen LogP contribution in [0.1, 0.15) is 47.2 Å². The summed E-state index contributed by atoms with van der Waals surface area (Å²) in [6.07, 6.45) is -12.5. The quantitative estimate of drug-likeness (QED) is 0.483. The highest BCUT2D eigenvalue weighted by atomic mass is 19.4. The van der Waals surface area contributed by atoms with Crippen LogP contribution in [0.4, 0.5) is 39.5 Å². The first kappa shape index (κ1) is 27.7. The molecule has 5 nitrogen and oxygen atoms in total. The molecule has 0 heterocycles. The van der Waals surface area contributed by atoms with E-state index in [1.165, 1.54) is 0 Å². The summed E-state index contributed by atoms with van der Waals surface area (Å²) in [4.78, 5) is 23.7. The third kappa shape index (κ3) is 9.03. The van der Waals surface area contributed by atoms with Crippen molar-refractivity contribution in [1.82, 2.24) is 16.0 Å². The van der Waals surface area contributed by atoms with Gasteiger partial charge < -0.3 is 16.0 Å². The van der Waals surface area contributed by atoms with E-state index in [1.54, 1.807) is 5.32 Å². The van der Waals surface area contributed by atoms with Gasteiger partial charge in [0.25, 0.3) is 5.91 Å². The molecule has 14 heteroatoms. The molecule has 0 saturated heterocycles. The zero-order valence-corrected chi connectivity index (χ0v) is 17.6. The molecule has 3 N–H and O–H groups in total. The first-order chi connectivity index (χ1) is 15.5. The Kier molecular flexibility index (Phi) is 8.83. The molecule has 0 unspecified atom stereocenters. The fraction of sp³-hybridized carbons (Fsp3) is 0.600. The molecule has 0 bridgehead atoms. The van der Waals surface area contributed by atoms with E-state index < -0.39 is 53.6 Å². The predicted octanol–water partition coefficient (Wildman–Crippen LogP) is 4.28. The van der Waals surface area contributed by atoms with Crippen molar-refractivity contribution in [3.63, 3.8) is 0 Å². The van der Waals surface area contributed by atoms with Crippen LogP contribution < -0.4 is 16.0 Å². The molecule has 1 saturated carbocycles. The first-order valence-corrected chi connectivity index (χ1v) is 10.2. The van der Waals surface area contributed by atoms with Crippen molar-refractivity contribution in [2.45, 2.75) is 50.3 Å². The van der Waals surface area contributed by atoms with Gasteiger partial charge >= 0.3 is 18.5 Å². The second-order valence-corrected chi connectivity index (χ2v) is 8.00. The lowest BCUT2D eigenvalue weighted by molar-refractivity contribution is -0.143. The molecular weight excluding hydrogens is 485 g/mol. The molecular formula is C20H22F9N3O2. The van der Waals surface area contributed by atoms with Crippen LogP contribution in [0.2, 0.25) is 0 Å². The summed E-state index contributed by atoms with van der Waals surface area (Å²) in [6, 6.07) is 0.500. The zero-order valence-electron chi connectivity index (χ0n) is 17.6. The van der Waals surface area contributed by atoms with Crippen molar-refractivity contribution in [3.05, 3.63) is 34.9 Å². The normalized spacial score (nSPS) is 19.6. The summed E-state index contributed by atoms with van der Waals surface area (Å²) >= 11 is 0. The molecule has 1 aliphatic carbocycles. The lowest BCUT2D eigenvalue weighted by Gasteiger charge is -2.29. The summed E-state index contributed by atoms with van der Waals surface area (Å²) < 4.78 is 114. The molecule has 0 radical (unpaired) electrons. The Balaban J connectivity index is 1.84. The van der Waals surface area contributed by atoms with Crippen LogP contribution in [0.3, 0.4) is 0 Å². The zero-order chi connectivity index (χ0) is 25.7. The fourth-order valence-electron chi connectivity index (χ4n) is 3.49. The molecule has 1 fully saturated rings. The smallest absolute Gasteiger partial charge is 0.352 e. The summed E-state index contributed by atoms with van der Waals surface area (Å²) in [5, 5.41) is 6.92. The third-order valence-corrected chi connectivity index (χ3v) is 5.29.